The molecule has 3 rings (SSSR count). The van der Waals surface area contributed by atoms with Crippen molar-refractivity contribution in [2.45, 2.75) is 20.0 Å². The molecule has 1 N–H and O–H groups in total. The minimum absolute atomic E-state index is 0.0360. The molecule has 1 unspecified atom stereocenters. The van der Waals surface area contributed by atoms with Crippen LogP contribution in [-0.2, 0) is 16.6 Å². The Bertz CT molecular complexity index is 980. The summed E-state index contributed by atoms with van der Waals surface area (Å²) in [5, 5.41) is 17.7. The number of benzene rings is 1. The molecular formula is C17H19N7O4. The van der Waals surface area contributed by atoms with Gasteiger partial charge in [0.2, 0.25) is 0 Å². The lowest BCUT2D eigenvalue weighted by Gasteiger charge is -2.15. The van der Waals surface area contributed by atoms with Crippen LogP contribution in [0.4, 0.5) is 5.69 Å². The molecule has 0 fully saturated rings. The van der Waals surface area contributed by atoms with E-state index in [2.05, 4.69) is 25.9 Å². The Kier molecular flexibility index (Phi) is 5.34. The van der Waals surface area contributed by atoms with Crippen molar-refractivity contribution in [3.8, 4) is 11.4 Å². The number of carbonyl (C=O) groups is 2. The smallest absolute Gasteiger partial charge is 0.360 e. The van der Waals surface area contributed by atoms with E-state index in [1.807, 2.05) is 0 Å². The van der Waals surface area contributed by atoms with E-state index < -0.39 is 18.0 Å². The van der Waals surface area contributed by atoms with Crippen molar-refractivity contribution in [3.63, 3.8) is 0 Å². The van der Waals surface area contributed by atoms with Crippen LogP contribution in [0.25, 0.3) is 5.69 Å². The van der Waals surface area contributed by atoms with Crippen LogP contribution in [0.3, 0.4) is 0 Å². The van der Waals surface area contributed by atoms with Gasteiger partial charge in [0.25, 0.3) is 5.91 Å². The van der Waals surface area contributed by atoms with Gasteiger partial charge in [0, 0.05) is 7.05 Å². The second-order valence-electron chi connectivity index (χ2n) is 5.92. The van der Waals surface area contributed by atoms with Crippen molar-refractivity contribution in [1.82, 2.24) is 30.0 Å². The van der Waals surface area contributed by atoms with Gasteiger partial charge in [-0.25, -0.2) is 9.48 Å². The number of methoxy groups -OCH3 is 1. The van der Waals surface area contributed by atoms with Crippen LogP contribution in [0.2, 0.25) is 0 Å². The Balaban J connectivity index is 1.69. The zero-order chi connectivity index (χ0) is 20.3. The van der Waals surface area contributed by atoms with Gasteiger partial charge in [-0.2, -0.15) is 5.10 Å². The summed E-state index contributed by atoms with van der Waals surface area (Å²) in [4.78, 5) is 24.4. The van der Waals surface area contributed by atoms with Crippen LogP contribution in [0.5, 0.6) is 5.75 Å². The van der Waals surface area contributed by atoms with Gasteiger partial charge in [0.1, 0.15) is 12.1 Å². The van der Waals surface area contributed by atoms with Crippen molar-refractivity contribution in [2.75, 3.05) is 12.4 Å². The van der Waals surface area contributed by atoms with Crippen LogP contribution in [-0.4, -0.2) is 55.1 Å². The fourth-order valence-electron chi connectivity index (χ4n) is 2.44. The van der Waals surface area contributed by atoms with Gasteiger partial charge < -0.3 is 14.8 Å². The summed E-state index contributed by atoms with van der Waals surface area (Å²) in [5.74, 6) is -0.563. The lowest BCUT2D eigenvalue weighted by Crippen LogP contribution is -2.31. The maximum Gasteiger partial charge on any atom is 0.360 e. The fraction of sp³-hybridized carbons (Fsp3) is 0.294. The number of aromatic nitrogens is 6. The summed E-state index contributed by atoms with van der Waals surface area (Å²) in [5.41, 5.74) is 1.70. The Morgan fingerprint density at radius 1 is 1.21 bits per heavy atom. The van der Waals surface area contributed by atoms with Crippen LogP contribution in [0.15, 0.2) is 30.6 Å². The average molecular weight is 385 g/mol. The minimum Gasteiger partial charge on any atom is -0.481 e. The molecule has 0 saturated carbocycles. The topological polar surface area (TPSA) is 126 Å². The molecule has 0 aliphatic carbocycles. The van der Waals surface area contributed by atoms with E-state index in [4.69, 9.17) is 9.47 Å². The summed E-state index contributed by atoms with van der Waals surface area (Å²) in [6.45, 7) is 3.34. The number of rotatable bonds is 6. The largest absolute Gasteiger partial charge is 0.481 e. The highest BCUT2D eigenvalue weighted by molar-refractivity contribution is 6.02. The molecule has 0 saturated heterocycles. The highest BCUT2D eigenvalue weighted by Gasteiger charge is 2.24. The molecule has 2 heterocycles. The first-order valence-corrected chi connectivity index (χ1v) is 8.33. The number of nitrogens with zero attached hydrogens (tertiary/aromatic N) is 6. The van der Waals surface area contributed by atoms with Crippen LogP contribution >= 0.6 is 0 Å². The highest BCUT2D eigenvalue weighted by atomic mass is 16.5. The molecule has 0 aliphatic rings. The molecule has 0 aliphatic heterocycles. The predicted molar refractivity (Wildman–Crippen MR) is 97.2 cm³/mol. The van der Waals surface area contributed by atoms with Gasteiger partial charge in [0.05, 0.1) is 24.2 Å². The van der Waals surface area contributed by atoms with Crippen molar-refractivity contribution in [2.24, 2.45) is 7.05 Å². The fourth-order valence-corrected chi connectivity index (χ4v) is 2.44. The maximum atomic E-state index is 12.5. The molecule has 0 bridgehead atoms. The molecule has 0 radical (unpaired) electrons. The van der Waals surface area contributed by atoms with E-state index >= 15 is 0 Å². The minimum atomic E-state index is -0.816. The molecule has 3 aromatic rings. The van der Waals surface area contributed by atoms with E-state index in [1.165, 1.54) is 22.8 Å². The van der Waals surface area contributed by atoms with E-state index in [9.17, 15) is 9.59 Å². The summed E-state index contributed by atoms with van der Waals surface area (Å²) in [7, 11) is 2.92. The van der Waals surface area contributed by atoms with Crippen molar-refractivity contribution >= 4 is 17.6 Å². The molecule has 11 heteroatoms. The Morgan fingerprint density at radius 3 is 2.54 bits per heavy atom. The molecule has 0 spiro atoms. The second-order valence-corrected chi connectivity index (χ2v) is 5.92. The average Bonchev–Trinajstić information content (AvgIpc) is 3.32. The quantitative estimate of drug-likeness (QED) is 0.620. The van der Waals surface area contributed by atoms with Gasteiger partial charge in [-0.1, -0.05) is 0 Å². The highest BCUT2D eigenvalue weighted by Crippen LogP contribution is 2.21. The number of amides is 1. The summed E-state index contributed by atoms with van der Waals surface area (Å²) in [6, 6.07) is 6.93. The standard InChI is InChI=1S/C17H19N7O4/c1-10-14(15(17(26)27-4)20-23(10)3)19-16(25)11(2)28-13-7-5-12(6-8-13)24-9-18-21-22-24/h5-9,11H,1-4H3,(H,19,25). The van der Waals surface area contributed by atoms with Gasteiger partial charge in [0.15, 0.2) is 11.8 Å². The number of tetrazole rings is 1. The number of ether oxygens (including phenoxy) is 2. The maximum absolute atomic E-state index is 12.5. The SMILES string of the molecule is COC(=O)c1nn(C)c(C)c1NC(=O)C(C)Oc1ccc(-n2cnnn2)cc1. The number of anilines is 1. The molecule has 2 aromatic heterocycles. The molecule has 1 aromatic carbocycles. The first kappa shape index (κ1) is 19.0. The van der Waals surface area contributed by atoms with Gasteiger partial charge in [-0.15, -0.1) is 5.10 Å². The van der Waals surface area contributed by atoms with E-state index in [-0.39, 0.29) is 5.69 Å². The third-order valence-corrected chi connectivity index (χ3v) is 4.09. The monoisotopic (exact) mass is 385 g/mol. The van der Waals surface area contributed by atoms with Crippen molar-refractivity contribution in [1.29, 1.82) is 0 Å². The summed E-state index contributed by atoms with van der Waals surface area (Å²) >= 11 is 0. The zero-order valence-corrected chi connectivity index (χ0v) is 15.8. The number of nitrogens with one attached hydrogen (secondary N) is 1. The van der Waals surface area contributed by atoms with Gasteiger partial charge in [-0.05, 0) is 48.5 Å². The molecule has 1 amide bonds. The zero-order valence-electron chi connectivity index (χ0n) is 15.8. The number of hydrogen-bond acceptors (Lipinski definition) is 8. The summed E-state index contributed by atoms with van der Waals surface area (Å²) < 4.78 is 13.4. The lowest BCUT2D eigenvalue weighted by molar-refractivity contribution is -0.122. The molecule has 146 valence electrons. The third-order valence-electron chi connectivity index (χ3n) is 4.09. The number of carbonyl (C=O) groups excluding carboxylic acids is 2. The van der Waals surface area contributed by atoms with Crippen molar-refractivity contribution < 1.29 is 19.1 Å². The van der Waals surface area contributed by atoms with Crippen molar-refractivity contribution in [3.05, 3.63) is 42.0 Å². The van der Waals surface area contributed by atoms with Crippen LogP contribution < -0.4 is 10.1 Å². The number of hydrogen-bond donors (Lipinski definition) is 1. The molecular weight excluding hydrogens is 366 g/mol. The van der Waals surface area contributed by atoms with Crippen LogP contribution in [0.1, 0.15) is 23.1 Å². The number of aryl methyl sites for hydroxylation is 1. The Labute approximate surface area is 160 Å². The van der Waals surface area contributed by atoms with E-state index in [0.717, 1.165) is 5.69 Å². The van der Waals surface area contributed by atoms with Crippen LogP contribution in [0, 0.1) is 6.92 Å². The van der Waals surface area contributed by atoms with Gasteiger partial charge >= 0.3 is 5.97 Å². The normalized spacial score (nSPS) is 11.7. The molecule has 28 heavy (non-hydrogen) atoms. The first-order valence-electron chi connectivity index (χ1n) is 8.33. The van der Waals surface area contributed by atoms with E-state index in [1.54, 1.807) is 45.2 Å². The van der Waals surface area contributed by atoms with Gasteiger partial charge in [-0.3, -0.25) is 9.48 Å². The predicted octanol–water partition coefficient (Wildman–Crippen LogP) is 0.897. The second kappa shape index (κ2) is 7.86. The molecule has 11 nitrogen and oxygen atoms in total. The number of esters is 1. The third kappa shape index (κ3) is 3.82. The lowest BCUT2D eigenvalue weighted by atomic mass is 10.2. The Morgan fingerprint density at radius 2 is 1.93 bits per heavy atom. The summed E-state index contributed by atoms with van der Waals surface area (Å²) in [6.07, 6.45) is 0.658. The first-order chi connectivity index (χ1) is 13.4. The Hall–Kier alpha value is -3.76. The van der Waals surface area contributed by atoms with E-state index in [0.29, 0.717) is 17.1 Å². The molecule has 1 atom stereocenters.